The van der Waals surface area contributed by atoms with E-state index in [1.54, 1.807) is 11.6 Å². The molecular formula is C26H27N5O5. The van der Waals surface area contributed by atoms with E-state index in [1.165, 1.54) is 35.4 Å². The molecule has 2 heterocycles. The highest BCUT2D eigenvalue weighted by Crippen LogP contribution is 2.40. The molecule has 4 rings (SSSR count). The molecule has 2 aromatic carbocycles. The minimum atomic E-state index is -0.882. The van der Waals surface area contributed by atoms with Gasteiger partial charge in [0.2, 0.25) is 0 Å². The average Bonchev–Trinajstić information content (AvgIpc) is 3.36. The Morgan fingerprint density at radius 2 is 1.78 bits per heavy atom. The van der Waals surface area contributed by atoms with Crippen molar-refractivity contribution < 1.29 is 19.6 Å². The molecule has 1 amide bonds. The van der Waals surface area contributed by atoms with Gasteiger partial charge in [0.15, 0.2) is 0 Å². The molecule has 0 bridgehead atoms. The van der Waals surface area contributed by atoms with Gasteiger partial charge < -0.3 is 14.9 Å². The number of amides is 1. The van der Waals surface area contributed by atoms with Crippen LogP contribution >= 0.6 is 0 Å². The number of non-ortho nitro benzene ring substituents is 1. The predicted octanol–water partition coefficient (Wildman–Crippen LogP) is 3.46. The van der Waals surface area contributed by atoms with Gasteiger partial charge in [-0.15, -0.1) is 0 Å². The molecule has 0 radical (unpaired) electrons. The second kappa shape index (κ2) is 10.1. The molecule has 0 saturated carbocycles. The second-order valence-electron chi connectivity index (χ2n) is 8.89. The van der Waals surface area contributed by atoms with Crippen molar-refractivity contribution >= 4 is 23.1 Å². The van der Waals surface area contributed by atoms with Gasteiger partial charge in [0.05, 0.1) is 39.7 Å². The first-order chi connectivity index (χ1) is 17.2. The number of benzene rings is 2. The maximum atomic E-state index is 13.2. The molecule has 1 fully saturated rings. The summed E-state index contributed by atoms with van der Waals surface area (Å²) in [5, 5.41) is 26.9. The second-order valence-corrected chi connectivity index (χ2v) is 8.89. The molecule has 1 atom stereocenters. The smallest absolute Gasteiger partial charge is 0.295 e. The van der Waals surface area contributed by atoms with Crippen LogP contribution in [-0.4, -0.2) is 68.5 Å². The molecule has 0 spiro atoms. The van der Waals surface area contributed by atoms with Crippen molar-refractivity contribution in [2.45, 2.75) is 19.4 Å². The summed E-state index contributed by atoms with van der Waals surface area (Å²) in [6.45, 7) is 2.74. The number of hydrogen-bond donors (Lipinski definition) is 1. The van der Waals surface area contributed by atoms with Crippen LogP contribution in [0.25, 0.3) is 11.4 Å². The molecule has 1 aromatic heterocycles. The van der Waals surface area contributed by atoms with E-state index >= 15 is 0 Å². The van der Waals surface area contributed by atoms with E-state index in [0.29, 0.717) is 29.8 Å². The fraction of sp³-hybridized carbons (Fsp3) is 0.269. The number of nitro benzene ring substituents is 1. The van der Waals surface area contributed by atoms with Gasteiger partial charge in [-0.1, -0.05) is 18.2 Å². The lowest BCUT2D eigenvalue weighted by Crippen LogP contribution is -2.32. The Labute approximate surface area is 208 Å². The van der Waals surface area contributed by atoms with E-state index in [0.717, 1.165) is 5.69 Å². The molecule has 3 aromatic rings. The van der Waals surface area contributed by atoms with E-state index in [2.05, 4.69) is 5.10 Å². The van der Waals surface area contributed by atoms with Gasteiger partial charge in [-0.3, -0.25) is 19.7 Å². The van der Waals surface area contributed by atoms with Crippen molar-refractivity contribution in [3.63, 3.8) is 0 Å². The summed E-state index contributed by atoms with van der Waals surface area (Å²) >= 11 is 0. The van der Waals surface area contributed by atoms with Crippen LogP contribution in [0.2, 0.25) is 0 Å². The summed E-state index contributed by atoms with van der Waals surface area (Å²) in [6.07, 6.45) is 2.07. The number of para-hydroxylation sites is 1. The zero-order valence-corrected chi connectivity index (χ0v) is 20.3. The number of aromatic nitrogens is 2. The summed E-state index contributed by atoms with van der Waals surface area (Å²) in [6, 6.07) is 14.1. The fourth-order valence-electron chi connectivity index (χ4n) is 4.41. The number of carbonyl (C=O) groups is 2. The monoisotopic (exact) mass is 489 g/mol. The van der Waals surface area contributed by atoms with Crippen molar-refractivity contribution in [2.24, 2.45) is 0 Å². The number of rotatable bonds is 8. The summed E-state index contributed by atoms with van der Waals surface area (Å²) in [5.41, 5.74) is 2.04. The quantitative estimate of drug-likeness (QED) is 0.169. The maximum absolute atomic E-state index is 13.2. The number of likely N-dealkylation sites (tertiary alicyclic amines) is 1. The highest BCUT2D eigenvalue weighted by atomic mass is 16.6. The van der Waals surface area contributed by atoms with Gasteiger partial charge in [0.25, 0.3) is 17.4 Å². The van der Waals surface area contributed by atoms with Crippen molar-refractivity contribution in [2.75, 3.05) is 27.2 Å². The van der Waals surface area contributed by atoms with Crippen LogP contribution in [0.5, 0.6) is 0 Å². The van der Waals surface area contributed by atoms with Crippen LogP contribution in [0.1, 0.15) is 29.3 Å². The van der Waals surface area contributed by atoms with Crippen LogP contribution in [-0.2, 0) is 9.59 Å². The molecule has 10 nitrogen and oxygen atoms in total. The molecule has 0 aliphatic carbocycles. The molecule has 1 aliphatic heterocycles. The predicted molar refractivity (Wildman–Crippen MR) is 134 cm³/mol. The number of aliphatic hydroxyl groups is 1. The minimum Gasteiger partial charge on any atom is -0.507 e. The first-order valence-corrected chi connectivity index (χ1v) is 11.5. The van der Waals surface area contributed by atoms with Gasteiger partial charge in [-0.05, 0) is 63.8 Å². The molecular weight excluding hydrogens is 462 g/mol. The summed E-state index contributed by atoms with van der Waals surface area (Å²) in [5.74, 6) is -1.84. The van der Waals surface area contributed by atoms with Crippen molar-refractivity contribution in [3.8, 4) is 5.69 Å². The topological polar surface area (TPSA) is 122 Å². The van der Waals surface area contributed by atoms with Gasteiger partial charge in [-0.25, -0.2) is 4.68 Å². The number of nitro groups is 1. The van der Waals surface area contributed by atoms with Crippen LogP contribution < -0.4 is 0 Å². The molecule has 36 heavy (non-hydrogen) atoms. The summed E-state index contributed by atoms with van der Waals surface area (Å²) < 4.78 is 1.64. The highest BCUT2D eigenvalue weighted by molar-refractivity contribution is 6.46. The van der Waals surface area contributed by atoms with E-state index in [1.807, 2.05) is 49.3 Å². The lowest BCUT2D eigenvalue weighted by molar-refractivity contribution is -0.384. The van der Waals surface area contributed by atoms with Gasteiger partial charge in [0.1, 0.15) is 5.76 Å². The molecule has 186 valence electrons. The van der Waals surface area contributed by atoms with Gasteiger partial charge >= 0.3 is 0 Å². The lowest BCUT2D eigenvalue weighted by Gasteiger charge is -2.25. The van der Waals surface area contributed by atoms with Crippen molar-refractivity contribution in [1.82, 2.24) is 19.6 Å². The molecule has 1 aliphatic rings. The Morgan fingerprint density at radius 1 is 1.11 bits per heavy atom. The fourth-order valence-corrected chi connectivity index (χ4v) is 4.41. The number of nitrogens with zero attached hydrogens (tertiary/aromatic N) is 5. The minimum absolute atomic E-state index is 0.0607. The zero-order chi connectivity index (χ0) is 26.0. The maximum Gasteiger partial charge on any atom is 0.295 e. The van der Waals surface area contributed by atoms with Crippen LogP contribution in [0.15, 0.2) is 66.4 Å². The third kappa shape index (κ3) is 4.63. The number of Topliss-reactive ketones (excluding diaryl/α,β-unsaturated/α-hetero) is 1. The first kappa shape index (κ1) is 24.8. The van der Waals surface area contributed by atoms with E-state index in [9.17, 15) is 24.8 Å². The highest BCUT2D eigenvalue weighted by Gasteiger charge is 2.46. The summed E-state index contributed by atoms with van der Waals surface area (Å²) in [7, 11) is 3.82. The summed E-state index contributed by atoms with van der Waals surface area (Å²) in [4.78, 5) is 40.3. The van der Waals surface area contributed by atoms with E-state index < -0.39 is 22.7 Å². The van der Waals surface area contributed by atoms with Crippen LogP contribution in [0, 0.1) is 17.0 Å². The largest absolute Gasteiger partial charge is 0.507 e. The number of ketones is 1. The number of aliphatic hydroxyl groups excluding tert-OH is 1. The zero-order valence-electron chi connectivity index (χ0n) is 20.3. The standard InChI is InChI=1S/C26H27N5O5/c1-17-21(16-27-30(17)19-8-5-4-6-9-19)24(32)22-23(18-10-12-20(13-11-18)31(35)36)29(26(34)25(22)33)15-7-14-28(2)3/h4-6,8-13,16,23,32H,7,14-15H2,1-3H3/b24-22-. The third-order valence-corrected chi connectivity index (χ3v) is 6.23. The Morgan fingerprint density at radius 3 is 2.39 bits per heavy atom. The average molecular weight is 490 g/mol. The van der Waals surface area contributed by atoms with E-state index in [4.69, 9.17) is 0 Å². The van der Waals surface area contributed by atoms with Gasteiger partial charge in [-0.2, -0.15) is 5.10 Å². The Hall–Kier alpha value is -4.31. The van der Waals surface area contributed by atoms with Crippen LogP contribution in [0.4, 0.5) is 5.69 Å². The molecule has 10 heteroatoms. The van der Waals surface area contributed by atoms with E-state index in [-0.39, 0.29) is 23.6 Å². The van der Waals surface area contributed by atoms with Crippen molar-refractivity contribution in [3.05, 3.63) is 93.3 Å². The number of hydrogen-bond acceptors (Lipinski definition) is 7. The molecule has 1 unspecified atom stereocenters. The normalized spacial score (nSPS) is 17.2. The Balaban J connectivity index is 1.81. The SMILES string of the molecule is Cc1c(/C(O)=C2/C(=O)C(=O)N(CCCN(C)C)C2c2ccc([N+](=O)[O-])cc2)cnn1-c1ccccc1. The Kier molecular flexibility index (Phi) is 6.98. The molecule has 1 saturated heterocycles. The van der Waals surface area contributed by atoms with Crippen molar-refractivity contribution in [1.29, 1.82) is 0 Å². The Bertz CT molecular complexity index is 1330. The first-order valence-electron chi connectivity index (χ1n) is 11.5. The number of carbonyl (C=O) groups excluding carboxylic acids is 2. The lowest BCUT2D eigenvalue weighted by atomic mass is 9.95. The molecule has 1 N–H and O–H groups in total. The van der Waals surface area contributed by atoms with Crippen LogP contribution in [0.3, 0.4) is 0 Å². The van der Waals surface area contributed by atoms with Gasteiger partial charge in [0, 0.05) is 18.7 Å². The third-order valence-electron chi connectivity index (χ3n) is 6.23.